The highest BCUT2D eigenvalue weighted by molar-refractivity contribution is 6.42. The number of nitrogens with zero attached hydrogens (tertiary/aromatic N) is 2. The molecule has 0 saturated carbocycles. The third kappa shape index (κ3) is 2.83. The SMILES string of the molecule is CC(NC(=O)n1ccnc1)c1ccc(Cl)c(Cl)c1. The molecule has 0 saturated heterocycles. The van der Waals surface area contributed by atoms with E-state index in [1.807, 2.05) is 13.0 Å². The van der Waals surface area contributed by atoms with Gasteiger partial charge in [0.25, 0.3) is 0 Å². The number of benzene rings is 1. The average Bonchev–Trinajstić information content (AvgIpc) is 2.86. The van der Waals surface area contributed by atoms with Crippen molar-refractivity contribution in [2.24, 2.45) is 0 Å². The Hall–Kier alpha value is -1.52. The second-order valence-electron chi connectivity index (χ2n) is 3.81. The van der Waals surface area contributed by atoms with Crippen LogP contribution in [0.3, 0.4) is 0 Å². The molecular formula is C12H11Cl2N3O. The number of aromatic nitrogens is 2. The number of hydrogen-bond acceptors (Lipinski definition) is 2. The highest BCUT2D eigenvalue weighted by atomic mass is 35.5. The Morgan fingerprint density at radius 3 is 2.78 bits per heavy atom. The summed E-state index contributed by atoms with van der Waals surface area (Å²) in [6.07, 6.45) is 4.57. The molecule has 2 aromatic rings. The summed E-state index contributed by atoms with van der Waals surface area (Å²) in [4.78, 5) is 15.6. The van der Waals surface area contributed by atoms with E-state index in [4.69, 9.17) is 23.2 Å². The Balaban J connectivity index is 2.10. The molecule has 0 fully saturated rings. The Labute approximate surface area is 115 Å². The van der Waals surface area contributed by atoms with Crippen molar-refractivity contribution in [1.29, 1.82) is 0 Å². The number of amides is 1. The fourth-order valence-corrected chi connectivity index (χ4v) is 1.81. The number of halogens is 2. The summed E-state index contributed by atoms with van der Waals surface area (Å²) in [6, 6.07) is 4.86. The zero-order valence-corrected chi connectivity index (χ0v) is 11.1. The number of imidazole rings is 1. The molecule has 18 heavy (non-hydrogen) atoms. The van der Waals surface area contributed by atoms with Gasteiger partial charge in [0.2, 0.25) is 0 Å². The van der Waals surface area contributed by atoms with Crippen molar-refractivity contribution >= 4 is 29.2 Å². The van der Waals surface area contributed by atoms with Crippen LogP contribution < -0.4 is 5.32 Å². The second-order valence-corrected chi connectivity index (χ2v) is 4.63. The lowest BCUT2D eigenvalue weighted by atomic mass is 10.1. The third-order valence-electron chi connectivity index (χ3n) is 2.52. The van der Waals surface area contributed by atoms with Crippen LogP contribution in [0.1, 0.15) is 18.5 Å². The van der Waals surface area contributed by atoms with Crippen LogP contribution in [0.5, 0.6) is 0 Å². The highest BCUT2D eigenvalue weighted by Crippen LogP contribution is 2.25. The van der Waals surface area contributed by atoms with E-state index in [9.17, 15) is 4.79 Å². The number of hydrogen-bond donors (Lipinski definition) is 1. The molecule has 1 atom stereocenters. The molecule has 0 bridgehead atoms. The minimum absolute atomic E-state index is 0.172. The van der Waals surface area contributed by atoms with Crippen molar-refractivity contribution in [1.82, 2.24) is 14.9 Å². The molecule has 6 heteroatoms. The molecular weight excluding hydrogens is 273 g/mol. The maximum atomic E-state index is 11.8. The zero-order valence-electron chi connectivity index (χ0n) is 9.60. The van der Waals surface area contributed by atoms with Crippen molar-refractivity contribution in [2.45, 2.75) is 13.0 Å². The van der Waals surface area contributed by atoms with Crippen molar-refractivity contribution in [2.75, 3.05) is 0 Å². The van der Waals surface area contributed by atoms with Gasteiger partial charge in [-0.2, -0.15) is 0 Å². The van der Waals surface area contributed by atoms with Gasteiger partial charge in [-0.05, 0) is 24.6 Å². The molecule has 1 unspecified atom stereocenters. The fourth-order valence-electron chi connectivity index (χ4n) is 1.50. The van der Waals surface area contributed by atoms with E-state index < -0.39 is 0 Å². The van der Waals surface area contributed by atoms with Crippen LogP contribution in [-0.4, -0.2) is 15.6 Å². The minimum Gasteiger partial charge on any atom is -0.331 e. The lowest BCUT2D eigenvalue weighted by Crippen LogP contribution is -2.30. The zero-order chi connectivity index (χ0) is 13.1. The van der Waals surface area contributed by atoms with E-state index in [1.165, 1.54) is 10.9 Å². The van der Waals surface area contributed by atoms with E-state index in [-0.39, 0.29) is 12.1 Å². The highest BCUT2D eigenvalue weighted by Gasteiger charge is 2.11. The van der Waals surface area contributed by atoms with Gasteiger partial charge in [-0.3, -0.25) is 4.57 Å². The predicted molar refractivity (Wildman–Crippen MR) is 71.0 cm³/mol. The topological polar surface area (TPSA) is 46.9 Å². The molecule has 1 amide bonds. The minimum atomic E-state index is -0.244. The number of carbonyl (C=O) groups is 1. The third-order valence-corrected chi connectivity index (χ3v) is 3.26. The van der Waals surface area contributed by atoms with Crippen molar-refractivity contribution in [3.63, 3.8) is 0 Å². The van der Waals surface area contributed by atoms with E-state index in [1.54, 1.807) is 24.5 Å². The van der Waals surface area contributed by atoms with Crippen LogP contribution in [-0.2, 0) is 0 Å². The molecule has 2 rings (SSSR count). The molecule has 1 heterocycles. The van der Waals surface area contributed by atoms with E-state index in [2.05, 4.69) is 10.3 Å². The van der Waals surface area contributed by atoms with Gasteiger partial charge in [0.05, 0.1) is 16.1 Å². The van der Waals surface area contributed by atoms with Gasteiger partial charge in [-0.1, -0.05) is 29.3 Å². The van der Waals surface area contributed by atoms with E-state index in [0.29, 0.717) is 10.0 Å². The maximum absolute atomic E-state index is 11.8. The van der Waals surface area contributed by atoms with Crippen LogP contribution in [0.25, 0.3) is 0 Å². The van der Waals surface area contributed by atoms with Gasteiger partial charge in [-0.15, -0.1) is 0 Å². The molecule has 1 aromatic heterocycles. The van der Waals surface area contributed by atoms with Crippen LogP contribution in [0.15, 0.2) is 36.9 Å². The van der Waals surface area contributed by atoms with Crippen LogP contribution in [0.2, 0.25) is 10.0 Å². The molecule has 0 spiro atoms. The maximum Gasteiger partial charge on any atom is 0.327 e. The van der Waals surface area contributed by atoms with Crippen LogP contribution in [0.4, 0.5) is 4.79 Å². The van der Waals surface area contributed by atoms with Crippen LogP contribution in [0, 0.1) is 0 Å². The summed E-state index contributed by atoms with van der Waals surface area (Å²) in [5.74, 6) is 0. The Morgan fingerprint density at radius 1 is 1.39 bits per heavy atom. The monoisotopic (exact) mass is 283 g/mol. The van der Waals surface area contributed by atoms with Crippen molar-refractivity contribution in [3.8, 4) is 0 Å². The van der Waals surface area contributed by atoms with Gasteiger partial charge in [0, 0.05) is 12.4 Å². The predicted octanol–water partition coefficient (Wildman–Crippen LogP) is 3.51. The first-order valence-electron chi connectivity index (χ1n) is 5.31. The normalized spacial score (nSPS) is 12.2. The van der Waals surface area contributed by atoms with Crippen molar-refractivity contribution < 1.29 is 4.79 Å². The summed E-state index contributed by atoms with van der Waals surface area (Å²) in [5, 5.41) is 3.79. The van der Waals surface area contributed by atoms with E-state index in [0.717, 1.165) is 5.56 Å². The molecule has 0 aliphatic rings. The largest absolute Gasteiger partial charge is 0.331 e. The van der Waals surface area contributed by atoms with Gasteiger partial charge in [-0.25, -0.2) is 9.78 Å². The Morgan fingerprint density at radius 2 is 2.17 bits per heavy atom. The molecule has 1 N–H and O–H groups in total. The average molecular weight is 284 g/mol. The summed E-state index contributed by atoms with van der Waals surface area (Å²) < 4.78 is 1.37. The van der Waals surface area contributed by atoms with E-state index >= 15 is 0 Å². The van der Waals surface area contributed by atoms with Gasteiger partial charge in [0.1, 0.15) is 6.33 Å². The Bertz CT molecular complexity index is 554. The van der Waals surface area contributed by atoms with Crippen molar-refractivity contribution in [3.05, 3.63) is 52.5 Å². The quantitative estimate of drug-likeness (QED) is 0.917. The molecule has 0 aliphatic carbocycles. The van der Waals surface area contributed by atoms with Gasteiger partial charge < -0.3 is 5.32 Å². The molecule has 0 radical (unpaired) electrons. The smallest absolute Gasteiger partial charge is 0.327 e. The number of nitrogens with one attached hydrogen (secondary N) is 1. The molecule has 94 valence electrons. The molecule has 4 nitrogen and oxygen atoms in total. The molecule has 1 aromatic carbocycles. The summed E-state index contributed by atoms with van der Waals surface area (Å²) in [5.41, 5.74) is 0.887. The number of rotatable bonds is 2. The summed E-state index contributed by atoms with van der Waals surface area (Å²) in [6.45, 7) is 1.87. The Kier molecular flexibility index (Phi) is 3.89. The lowest BCUT2D eigenvalue weighted by Gasteiger charge is -2.14. The van der Waals surface area contributed by atoms with Crippen LogP contribution >= 0.6 is 23.2 Å². The second kappa shape index (κ2) is 5.42. The number of carbonyl (C=O) groups excluding carboxylic acids is 1. The lowest BCUT2D eigenvalue weighted by molar-refractivity contribution is 0.239. The first kappa shape index (κ1) is 12.9. The fraction of sp³-hybridized carbons (Fsp3) is 0.167. The first-order valence-corrected chi connectivity index (χ1v) is 6.07. The van der Waals surface area contributed by atoms with Gasteiger partial charge >= 0.3 is 6.03 Å². The molecule has 0 aliphatic heterocycles. The van der Waals surface area contributed by atoms with Gasteiger partial charge in [0.15, 0.2) is 0 Å². The summed E-state index contributed by atoms with van der Waals surface area (Å²) >= 11 is 11.8. The first-order chi connectivity index (χ1) is 8.58. The standard InChI is InChI=1S/C12H11Cl2N3O/c1-8(9-2-3-10(13)11(14)6-9)16-12(18)17-5-4-15-7-17/h2-8H,1H3,(H,16,18). The summed E-state index contributed by atoms with van der Waals surface area (Å²) in [7, 11) is 0.